The smallest absolute Gasteiger partial charge is 0.335 e. The van der Waals surface area contributed by atoms with Gasteiger partial charge in [-0.1, -0.05) is 93.8 Å². The maximum Gasteiger partial charge on any atom is 0.335 e. The number of ether oxygens (including phenoxy) is 2. The van der Waals surface area contributed by atoms with Gasteiger partial charge in [0.1, 0.15) is 0 Å². The number of carbonyl (C=O) groups excluding carboxylic acids is 2. The molecule has 0 aliphatic carbocycles. The molecule has 3 atom stereocenters. The SMILES string of the molecule is COC(=O)CC(C)N.Cc1ccc(S(=O)(=O)O)cc1.I[I-]I.N#Cc1cccc(CBr)c1.O=C(O)c1ccccc1.[C-]#[N+]c1cccc(CC(C(=O)OC)[C@@H](C)N)c1. The molecule has 58 heavy (non-hydrogen) atoms. The van der Waals surface area contributed by atoms with Crippen LogP contribution in [0, 0.1) is 30.7 Å². The van der Waals surface area contributed by atoms with Gasteiger partial charge in [0.25, 0.3) is 10.1 Å². The number of carboxylic acid groups (broad SMARTS) is 1. The number of esters is 2. The molecule has 0 bridgehead atoms. The maximum absolute atomic E-state index is 11.5. The number of nitrogens with zero attached hydrogens (tertiary/aromatic N) is 2. The molecule has 0 heterocycles. The molecule has 0 saturated heterocycles. The van der Waals surface area contributed by atoms with Crippen LogP contribution in [0.2, 0.25) is 0 Å². The van der Waals surface area contributed by atoms with Gasteiger partial charge in [-0.15, -0.1) is 0 Å². The van der Waals surface area contributed by atoms with Crippen molar-refractivity contribution in [1.82, 2.24) is 0 Å². The number of rotatable bonds is 9. The monoisotopic (exact) mass is 1220 g/mol. The van der Waals surface area contributed by atoms with Crippen LogP contribution in [0.3, 0.4) is 0 Å². The van der Waals surface area contributed by atoms with Gasteiger partial charge in [-0.25, -0.2) is 9.64 Å². The first-order valence-electron chi connectivity index (χ1n) is 16.7. The number of hydrogen-bond acceptors (Lipinski definition) is 10. The van der Waals surface area contributed by atoms with Crippen LogP contribution in [0.5, 0.6) is 0 Å². The van der Waals surface area contributed by atoms with E-state index in [-0.39, 0.29) is 34.8 Å². The fourth-order valence-corrected chi connectivity index (χ4v) is 4.83. The molecule has 6 N–H and O–H groups in total. The Bertz CT molecular complexity index is 2000. The Kier molecular flexibility index (Phi) is 32.9. The van der Waals surface area contributed by atoms with Crippen molar-refractivity contribution >= 4 is 86.9 Å². The second-order valence-electron chi connectivity index (χ2n) is 11.7. The molecular weight excluding hydrogens is 1170 g/mol. The molecule has 4 aromatic carbocycles. The summed E-state index contributed by atoms with van der Waals surface area (Å²) in [5.41, 5.74) is 15.7. The summed E-state index contributed by atoms with van der Waals surface area (Å²) >= 11 is 8.61. The average molecular weight is 1220 g/mol. The molecule has 18 heteroatoms. The second kappa shape index (κ2) is 33.6. The van der Waals surface area contributed by atoms with Crippen LogP contribution >= 0.6 is 53.2 Å². The van der Waals surface area contributed by atoms with Crippen LogP contribution in [-0.4, -0.2) is 62.3 Å². The van der Waals surface area contributed by atoms with Crippen molar-refractivity contribution in [3.63, 3.8) is 0 Å². The van der Waals surface area contributed by atoms with Gasteiger partial charge in [0.2, 0.25) is 0 Å². The Balaban J connectivity index is 0. The third-order valence-electron chi connectivity index (χ3n) is 6.90. The van der Waals surface area contributed by atoms with Gasteiger partial charge in [-0.2, -0.15) is 13.7 Å². The zero-order valence-electron chi connectivity index (χ0n) is 32.4. The molecular formula is C40H47BrI3N4O9S-. The van der Waals surface area contributed by atoms with Crippen LogP contribution in [0.15, 0.2) is 108 Å². The number of carboxylic acids is 1. The van der Waals surface area contributed by atoms with Crippen molar-refractivity contribution in [2.75, 3.05) is 14.2 Å². The zero-order valence-corrected chi connectivity index (χ0v) is 41.3. The van der Waals surface area contributed by atoms with E-state index in [9.17, 15) is 22.8 Å². The summed E-state index contributed by atoms with van der Waals surface area (Å²) in [4.78, 5) is 35.4. The molecule has 4 aromatic rings. The van der Waals surface area contributed by atoms with E-state index in [1.807, 2.05) is 31.2 Å². The van der Waals surface area contributed by atoms with Gasteiger partial charge >= 0.3 is 68.4 Å². The van der Waals surface area contributed by atoms with E-state index >= 15 is 0 Å². The number of methoxy groups -OCH3 is 2. The van der Waals surface area contributed by atoms with Crippen molar-refractivity contribution in [2.45, 2.75) is 55.9 Å². The molecule has 0 spiro atoms. The summed E-state index contributed by atoms with van der Waals surface area (Å²) in [6.07, 6.45) is 0.796. The van der Waals surface area contributed by atoms with Crippen LogP contribution in [-0.2, 0) is 40.9 Å². The standard InChI is InChI=1S/C13H16N2O2.C8H6BrN.C7H8O3S.C7H6O2.C5H11NO2.I3/c1-9(14)12(13(16)17-3)8-10-5-4-6-11(7-10)15-2;9-5-7-2-1-3-8(4-7)6-10;1-6-2-4-7(5-3-6)11(8,9)10;8-7(9)6-4-2-1-3-5-6;1-4(6)3-5(7)8-2;1-3-2/h4-7,9,12H,8,14H2,1,3H3;1-4H,5H2;2-5H,1H3,(H,8,9,10);1-5H,(H,8,9);4H,3,6H2,1-2H3;/q;;;;;-1/t9-,12?;;;;;/m1...../s1. The zero-order chi connectivity index (χ0) is 44.7. The van der Waals surface area contributed by atoms with Crippen LogP contribution < -0.4 is 24.7 Å². The molecule has 13 nitrogen and oxygen atoms in total. The van der Waals surface area contributed by atoms with E-state index in [2.05, 4.69) is 68.8 Å². The first-order chi connectivity index (χ1) is 27.3. The van der Waals surface area contributed by atoms with E-state index < -0.39 is 16.1 Å². The Morgan fingerprint density at radius 3 is 1.86 bits per heavy atom. The van der Waals surface area contributed by atoms with Gasteiger partial charge in [-0.3, -0.25) is 14.1 Å². The minimum Gasteiger partial charge on any atom is -0.478 e. The summed E-state index contributed by atoms with van der Waals surface area (Å²) in [5.74, 6) is -1.82. The number of hydrogen-bond donors (Lipinski definition) is 4. The van der Waals surface area contributed by atoms with E-state index in [0.717, 1.165) is 27.6 Å². The van der Waals surface area contributed by atoms with Crippen molar-refractivity contribution in [3.05, 3.63) is 142 Å². The first kappa shape index (κ1) is 56.9. The molecule has 2 unspecified atom stereocenters. The summed E-state index contributed by atoms with van der Waals surface area (Å²) in [6.45, 7) is 12.3. The number of alkyl halides is 1. The van der Waals surface area contributed by atoms with E-state index in [1.54, 1.807) is 80.6 Å². The predicted molar refractivity (Wildman–Crippen MR) is 242 cm³/mol. The predicted octanol–water partition coefficient (Wildman–Crippen LogP) is 5.67. The van der Waals surface area contributed by atoms with Gasteiger partial charge in [0.05, 0.1) is 55.2 Å². The van der Waals surface area contributed by atoms with Crippen molar-refractivity contribution in [3.8, 4) is 6.07 Å². The second-order valence-corrected chi connectivity index (χ2v) is 29.9. The summed E-state index contributed by atoms with van der Waals surface area (Å²) in [7, 11) is -1.31. The third-order valence-corrected chi connectivity index (χ3v) is 8.42. The number of nitrogens with two attached hydrogens (primary N) is 2. The molecule has 0 fully saturated rings. The molecule has 0 saturated carbocycles. The fraction of sp³-hybridized carbons (Fsp3) is 0.275. The molecule has 316 valence electrons. The number of halogens is 4. The number of aryl methyl sites for hydroxylation is 1. The normalized spacial score (nSPS) is 11.2. The molecule has 0 amide bonds. The molecule has 0 aliphatic heterocycles. The van der Waals surface area contributed by atoms with Gasteiger partial charge in [0.15, 0.2) is 5.69 Å². The van der Waals surface area contributed by atoms with Crippen molar-refractivity contribution in [1.29, 1.82) is 5.26 Å². The average Bonchev–Trinajstić information content (AvgIpc) is 3.20. The van der Waals surface area contributed by atoms with E-state index in [1.165, 1.54) is 26.4 Å². The molecule has 4 rings (SSSR count). The number of benzene rings is 4. The van der Waals surface area contributed by atoms with E-state index in [0.29, 0.717) is 37.3 Å². The fourth-order valence-electron chi connectivity index (χ4n) is 4.00. The topological polar surface area (TPSA) is 224 Å². The largest absolute Gasteiger partial charge is 0.478 e. The van der Waals surface area contributed by atoms with E-state index in [4.69, 9.17) is 37.7 Å². The van der Waals surface area contributed by atoms with Gasteiger partial charge < -0.3 is 26.0 Å². The van der Waals surface area contributed by atoms with Gasteiger partial charge in [0, 0.05) is 17.4 Å². The van der Waals surface area contributed by atoms with Crippen LogP contribution in [0.1, 0.15) is 52.9 Å². The van der Waals surface area contributed by atoms with Gasteiger partial charge in [-0.05, 0) is 69.2 Å². The number of aromatic carboxylic acids is 1. The van der Waals surface area contributed by atoms with Crippen LogP contribution in [0.25, 0.3) is 4.85 Å². The Morgan fingerprint density at radius 2 is 1.47 bits per heavy atom. The summed E-state index contributed by atoms with van der Waals surface area (Å²) in [5, 5.41) is 17.7. The summed E-state index contributed by atoms with van der Waals surface area (Å²) < 4.78 is 38.6. The minimum atomic E-state index is -4.02. The Labute approximate surface area is 379 Å². The summed E-state index contributed by atoms with van der Waals surface area (Å²) in [6, 6.07) is 30.7. The number of carbonyl (C=O) groups is 3. The minimum absolute atomic E-state index is 0.0666. The van der Waals surface area contributed by atoms with Crippen molar-refractivity contribution in [2.24, 2.45) is 17.4 Å². The maximum atomic E-state index is 11.5. The third kappa shape index (κ3) is 28.2. The Morgan fingerprint density at radius 1 is 0.914 bits per heavy atom. The number of nitriles is 1. The quantitative estimate of drug-likeness (QED) is 0.0524. The van der Waals surface area contributed by atoms with Crippen LogP contribution in [0.4, 0.5) is 5.69 Å². The van der Waals surface area contributed by atoms with Crippen molar-refractivity contribution < 1.29 is 55.2 Å². The molecule has 0 aliphatic rings. The first-order valence-corrected chi connectivity index (χ1v) is 31.8. The molecule has 0 aromatic heterocycles. The molecule has 0 radical (unpaired) electrons. The Hall–Kier alpha value is -3.23.